The normalized spacial score (nSPS) is 14.3. The lowest BCUT2D eigenvalue weighted by Gasteiger charge is -2.37. The van der Waals surface area contributed by atoms with Crippen LogP contribution in [0.5, 0.6) is 34.5 Å². The number of rotatable bonds is 27. The van der Waals surface area contributed by atoms with Crippen molar-refractivity contribution in [1.29, 1.82) is 0 Å². The number of carbonyl (C=O) groups is 3. The van der Waals surface area contributed by atoms with Crippen molar-refractivity contribution >= 4 is 93.2 Å². The second kappa shape index (κ2) is 34.7. The molecule has 6 heterocycles. The molecule has 0 bridgehead atoms. The van der Waals surface area contributed by atoms with Crippen LogP contribution in [0.1, 0.15) is 70.5 Å². The van der Waals surface area contributed by atoms with Crippen molar-refractivity contribution in [3.05, 3.63) is 248 Å². The molecule has 0 amide bonds. The SMILES string of the molecule is O=C(c1ccc(F)cc1)c1sc2cc(O)ccc2c1-c1ccc(OCCCN2CC(CF)C2)cc1.O=C(c1ccccc1C(F)(F)F)c1sc2cc(O)ccc2c1-c1ccc(OCCCN2CC(CF)C2)cc1.O=C(c1ccccc1Cl)c1sc2cc(O)ccc2c1-c1ccc(OCCCN2CC(CF)C2)cc1. The summed E-state index contributed by atoms with van der Waals surface area (Å²) in [6, 6.07) is 54.6. The summed E-state index contributed by atoms with van der Waals surface area (Å²) in [7, 11) is 0. The molecule has 3 aliphatic heterocycles. The fraction of sp³-hybridized carbons (Fsp3) is 0.259. The number of aromatic hydroxyl groups is 3. The minimum Gasteiger partial charge on any atom is -0.508 e. The lowest BCUT2D eigenvalue weighted by atomic mass is 9.96. The van der Waals surface area contributed by atoms with Gasteiger partial charge >= 0.3 is 6.18 Å². The van der Waals surface area contributed by atoms with E-state index in [0.717, 1.165) is 149 Å². The van der Waals surface area contributed by atoms with Crippen molar-refractivity contribution in [3.8, 4) is 67.9 Å². The summed E-state index contributed by atoms with van der Waals surface area (Å²) in [5.74, 6) is 1.51. The molecular weight excluding hydrogens is 1470 g/mol. The van der Waals surface area contributed by atoms with Gasteiger partial charge in [0.15, 0.2) is 0 Å². The number of benzene rings is 9. The Labute approximate surface area is 636 Å². The molecule has 9 aromatic carbocycles. The molecule has 0 saturated carbocycles. The Morgan fingerprint density at radius 2 is 0.759 bits per heavy atom. The first kappa shape index (κ1) is 76.5. The molecule has 3 N–H and O–H groups in total. The maximum Gasteiger partial charge on any atom is 0.417 e. The Morgan fingerprint density at radius 3 is 1.11 bits per heavy atom. The average molecular weight is 1550 g/mol. The first-order valence-corrected chi connectivity index (χ1v) is 38.2. The largest absolute Gasteiger partial charge is 0.508 e. The molecule has 3 saturated heterocycles. The second-order valence-corrected chi connectivity index (χ2v) is 30.6. The van der Waals surface area contributed by atoms with Crippen LogP contribution >= 0.6 is 45.6 Å². The molecule has 108 heavy (non-hydrogen) atoms. The predicted octanol–water partition coefficient (Wildman–Crippen LogP) is 20.3. The Morgan fingerprint density at radius 1 is 0.426 bits per heavy atom. The molecule has 0 atom stereocenters. The van der Waals surface area contributed by atoms with E-state index in [2.05, 4.69) is 14.7 Å². The van der Waals surface area contributed by atoms with E-state index in [1.54, 1.807) is 78.9 Å². The summed E-state index contributed by atoms with van der Waals surface area (Å²) in [4.78, 5) is 48.3. The Bertz CT molecular complexity index is 5140. The van der Waals surface area contributed by atoms with Gasteiger partial charge in [0.2, 0.25) is 17.3 Å². The molecule has 3 fully saturated rings. The Kier molecular flexibility index (Phi) is 24.6. The van der Waals surface area contributed by atoms with E-state index in [1.807, 2.05) is 60.7 Å². The van der Waals surface area contributed by atoms with E-state index in [0.29, 0.717) is 72.7 Å². The summed E-state index contributed by atoms with van der Waals surface area (Å²) in [6.07, 6.45) is -2.12. The quantitative estimate of drug-likeness (QED) is 0.0256. The van der Waals surface area contributed by atoms with E-state index in [1.165, 1.54) is 77.3 Å². The highest BCUT2D eigenvalue weighted by Gasteiger charge is 2.37. The fourth-order valence-corrected chi connectivity index (χ4v) is 17.5. The number of hydrogen-bond donors (Lipinski definition) is 3. The third-order valence-electron chi connectivity index (χ3n) is 19.2. The number of carbonyl (C=O) groups excluding carboxylic acids is 3. The number of hydrogen-bond acceptors (Lipinski definition) is 15. The van der Waals surface area contributed by atoms with Gasteiger partial charge in [-0.15, -0.1) is 34.0 Å². The van der Waals surface area contributed by atoms with Crippen molar-refractivity contribution in [2.75, 3.05) is 98.7 Å². The highest BCUT2D eigenvalue weighted by Crippen LogP contribution is 2.46. The highest BCUT2D eigenvalue weighted by molar-refractivity contribution is 7.22. The molecule has 12 aromatic rings. The number of ether oxygens (including phenoxy) is 3. The molecule has 3 aliphatic rings. The van der Waals surface area contributed by atoms with E-state index >= 15 is 0 Å². The molecule has 558 valence electrons. The summed E-state index contributed by atoms with van der Waals surface area (Å²) < 4.78 is 112. The van der Waals surface area contributed by atoms with Gasteiger partial charge in [0.1, 0.15) is 40.3 Å². The Hall–Kier alpha value is -9.65. The minimum absolute atomic E-state index is 0.00202. The standard InChI is InChI=1S/C29H25F4NO3S.C28H25ClFNO3S.C28H25F2NO3S/c30-15-18-16-34(17-18)12-3-13-37-21-9-6-19(7-10-21)26-23-11-8-20(35)14-25(23)38-28(26)27(36)22-4-1-2-5-24(22)29(31,32)33;29-24-5-2-1-4-22(24)27(33)28-26(23-11-8-20(32)14-25(23)35-28)19-6-9-21(10-7-19)34-13-3-12-31-16-18(15-30)17-31;29-15-18-16-31(17-18)12-1-13-34-23-9-4-19(5-10-23)26-24-11-8-22(32)14-25(24)35-28(26)27(33)20-2-6-21(30)7-3-20/h1-2,4-11,14,18,35H,3,12-13,15-17H2;1-2,4-11,14,18,32H,3,12-13,15-17H2;2-11,14,18,32H,1,12-13,15-17H2. The number of alkyl halides is 6. The van der Waals surface area contributed by atoms with Crippen LogP contribution in [0.3, 0.4) is 0 Å². The molecule has 0 spiro atoms. The maximum atomic E-state index is 13.7. The van der Waals surface area contributed by atoms with Gasteiger partial charge < -0.3 is 44.2 Å². The Balaban J connectivity index is 0.000000143. The first-order chi connectivity index (χ1) is 52.3. The molecule has 0 aliphatic carbocycles. The number of thiophene rings is 3. The van der Waals surface area contributed by atoms with E-state index in [4.69, 9.17) is 25.8 Å². The lowest BCUT2D eigenvalue weighted by molar-refractivity contribution is -0.137. The van der Waals surface area contributed by atoms with Gasteiger partial charge in [-0.3, -0.25) is 27.6 Å². The van der Waals surface area contributed by atoms with Crippen molar-refractivity contribution in [2.24, 2.45) is 17.8 Å². The van der Waals surface area contributed by atoms with Crippen LogP contribution in [-0.2, 0) is 6.18 Å². The summed E-state index contributed by atoms with van der Waals surface area (Å²) >= 11 is 10.0. The van der Waals surface area contributed by atoms with Gasteiger partial charge in [-0.2, -0.15) is 13.2 Å². The molecule has 15 rings (SSSR count). The maximum absolute atomic E-state index is 13.7. The number of ketones is 3. The highest BCUT2D eigenvalue weighted by atomic mass is 35.5. The zero-order chi connectivity index (χ0) is 75.6. The monoisotopic (exact) mass is 1550 g/mol. The first-order valence-electron chi connectivity index (χ1n) is 35.4. The average Bonchev–Trinajstić information content (AvgIpc) is 1.61. The van der Waals surface area contributed by atoms with Crippen molar-refractivity contribution < 1.29 is 74.6 Å². The van der Waals surface area contributed by atoms with Gasteiger partial charge in [0.05, 0.1) is 65.1 Å². The van der Waals surface area contributed by atoms with Crippen molar-refractivity contribution in [1.82, 2.24) is 14.7 Å². The van der Waals surface area contributed by atoms with Crippen molar-refractivity contribution in [2.45, 2.75) is 25.4 Å². The van der Waals surface area contributed by atoms with Crippen LogP contribution in [0, 0.1) is 23.6 Å². The van der Waals surface area contributed by atoms with Crippen LogP contribution in [0.25, 0.3) is 63.6 Å². The topological polar surface area (TPSA) is 149 Å². The molecular formula is C85H75ClF7N3O9S3. The van der Waals surface area contributed by atoms with Gasteiger partial charge in [0, 0.05) is 140 Å². The van der Waals surface area contributed by atoms with Gasteiger partial charge in [0.25, 0.3) is 0 Å². The third-order valence-corrected chi connectivity index (χ3v) is 23.0. The number of nitrogens with zero attached hydrogens (tertiary/aromatic N) is 3. The zero-order valence-electron chi connectivity index (χ0n) is 58.4. The number of likely N-dealkylation sites (tertiary alicyclic amines) is 3. The number of phenols is 3. The van der Waals surface area contributed by atoms with E-state index < -0.39 is 28.9 Å². The van der Waals surface area contributed by atoms with Crippen LogP contribution in [0.4, 0.5) is 30.7 Å². The van der Waals surface area contributed by atoms with E-state index in [9.17, 15) is 60.4 Å². The predicted molar refractivity (Wildman–Crippen MR) is 414 cm³/mol. The van der Waals surface area contributed by atoms with E-state index in [-0.39, 0.29) is 71.5 Å². The summed E-state index contributed by atoms with van der Waals surface area (Å²) in [5.41, 5.74) is 3.97. The molecule has 0 unspecified atom stereocenters. The number of halogens is 8. The third kappa shape index (κ3) is 18.0. The lowest BCUT2D eigenvalue weighted by Crippen LogP contribution is -2.48. The van der Waals surface area contributed by atoms with Crippen LogP contribution < -0.4 is 14.2 Å². The number of fused-ring (bicyclic) bond motifs is 3. The van der Waals surface area contributed by atoms with Gasteiger partial charge in [-0.1, -0.05) is 78.3 Å². The zero-order valence-corrected chi connectivity index (χ0v) is 61.6. The van der Waals surface area contributed by atoms with Crippen molar-refractivity contribution in [3.63, 3.8) is 0 Å². The number of phenolic OH excluding ortho intramolecular Hbond substituents is 3. The molecule has 0 radical (unpaired) electrons. The van der Waals surface area contributed by atoms with Gasteiger partial charge in [-0.25, -0.2) is 4.39 Å². The van der Waals surface area contributed by atoms with Crippen LogP contribution in [-0.4, -0.2) is 146 Å². The molecule has 23 heteroatoms. The molecule has 3 aromatic heterocycles. The summed E-state index contributed by atoms with van der Waals surface area (Å²) in [5, 5.41) is 32.7. The van der Waals surface area contributed by atoms with Gasteiger partial charge in [-0.05, 0) is 169 Å². The minimum atomic E-state index is -4.68. The summed E-state index contributed by atoms with van der Waals surface area (Å²) in [6.45, 7) is 8.48. The second-order valence-electron chi connectivity index (χ2n) is 27.0. The smallest absolute Gasteiger partial charge is 0.417 e. The van der Waals surface area contributed by atoms with Crippen LogP contribution in [0.15, 0.2) is 200 Å². The molecule has 12 nitrogen and oxygen atoms in total. The van der Waals surface area contributed by atoms with Crippen LogP contribution in [0.2, 0.25) is 5.02 Å². The fourth-order valence-electron chi connectivity index (χ4n) is 13.6.